The lowest BCUT2D eigenvalue weighted by Gasteiger charge is -2.34. The minimum atomic E-state index is -0.540. The van der Waals surface area contributed by atoms with Crippen LogP contribution in [0, 0.1) is 0 Å². The van der Waals surface area contributed by atoms with Gasteiger partial charge >= 0.3 is 0 Å². The molecule has 0 saturated heterocycles. The Bertz CT molecular complexity index is 1410. The highest BCUT2D eigenvalue weighted by Crippen LogP contribution is 2.36. The van der Waals surface area contributed by atoms with E-state index in [9.17, 15) is 4.79 Å². The summed E-state index contributed by atoms with van der Waals surface area (Å²) in [6.45, 7) is 0. The number of para-hydroxylation sites is 1. The van der Waals surface area contributed by atoms with Crippen LogP contribution in [0.3, 0.4) is 0 Å². The standard InChI is InChI=1S/C25H21ClN4O3S/c1-32-20-12-9-16(13-21(20)33-2)23-27-19-6-4-3-5-18(19)22-24(31)28-25(29-30(22)23)34-14-15-7-10-17(26)11-8-15/h3-13,23H,14H2,1-2H3,(H,28,29,31)/t23-/m0/s1. The van der Waals surface area contributed by atoms with Crippen LogP contribution in [0.4, 0.5) is 0 Å². The number of fused-ring (bicyclic) bond motifs is 2. The second-order valence-electron chi connectivity index (χ2n) is 7.60. The molecule has 0 radical (unpaired) electrons. The van der Waals surface area contributed by atoms with Gasteiger partial charge in [-0.1, -0.05) is 59.8 Å². The van der Waals surface area contributed by atoms with E-state index in [1.54, 1.807) is 19.2 Å². The molecule has 172 valence electrons. The normalized spacial score (nSPS) is 16.6. The summed E-state index contributed by atoms with van der Waals surface area (Å²) in [6, 6.07) is 20.8. The fraction of sp³-hybridized carbons (Fsp3) is 0.160. The fourth-order valence-corrected chi connectivity index (χ4v) is 4.79. The molecule has 1 amide bonds. The van der Waals surface area contributed by atoms with Crippen LogP contribution in [0.1, 0.15) is 17.3 Å². The molecular weight excluding hydrogens is 472 g/mol. The molecular formula is C25H21ClN4O3S. The van der Waals surface area contributed by atoms with Gasteiger partial charge in [-0.15, -0.1) is 5.10 Å². The maximum atomic E-state index is 13.3. The van der Waals surface area contributed by atoms with E-state index in [1.807, 2.05) is 66.7 Å². The number of hydrazone groups is 1. The van der Waals surface area contributed by atoms with Crippen LogP contribution in [0.5, 0.6) is 11.5 Å². The summed E-state index contributed by atoms with van der Waals surface area (Å²) in [5.41, 5.74) is 2.36. The van der Waals surface area contributed by atoms with Crippen LogP contribution in [-0.2, 0) is 10.5 Å². The number of nitrogens with zero attached hydrogens (tertiary/aromatic N) is 3. The van der Waals surface area contributed by atoms with E-state index < -0.39 is 6.17 Å². The molecule has 3 aromatic carbocycles. The van der Waals surface area contributed by atoms with Crippen molar-refractivity contribution in [3.63, 3.8) is 0 Å². The third-order valence-electron chi connectivity index (χ3n) is 5.51. The maximum Gasteiger partial charge on any atom is 0.276 e. The van der Waals surface area contributed by atoms with E-state index in [-0.39, 0.29) is 5.91 Å². The summed E-state index contributed by atoms with van der Waals surface area (Å²) in [7, 11) is 3.18. The van der Waals surface area contributed by atoms with Crippen LogP contribution in [0.2, 0.25) is 5.02 Å². The third-order valence-corrected chi connectivity index (χ3v) is 6.70. The molecule has 0 aliphatic carbocycles. The van der Waals surface area contributed by atoms with Crippen molar-refractivity contribution >= 4 is 40.1 Å². The molecule has 0 unspecified atom stereocenters. The van der Waals surface area contributed by atoms with Gasteiger partial charge in [-0.05, 0) is 35.9 Å². The van der Waals surface area contributed by atoms with Gasteiger partial charge in [0.2, 0.25) is 0 Å². The first kappa shape index (κ1) is 22.3. The van der Waals surface area contributed by atoms with Crippen molar-refractivity contribution in [2.45, 2.75) is 11.9 Å². The Labute approximate surface area is 205 Å². The van der Waals surface area contributed by atoms with Gasteiger partial charge in [-0.25, -0.2) is 5.01 Å². The van der Waals surface area contributed by atoms with Gasteiger partial charge in [0.25, 0.3) is 5.91 Å². The van der Waals surface area contributed by atoms with Crippen LogP contribution in [-0.4, -0.2) is 30.3 Å². The number of hydrogen-bond acceptors (Lipinski definition) is 7. The molecule has 0 saturated carbocycles. The lowest BCUT2D eigenvalue weighted by molar-refractivity contribution is -0.116. The number of thioether (sulfide) groups is 1. The smallest absolute Gasteiger partial charge is 0.276 e. The highest BCUT2D eigenvalue weighted by Gasteiger charge is 2.34. The van der Waals surface area contributed by atoms with Crippen molar-refractivity contribution in [3.05, 3.63) is 93.5 Å². The summed E-state index contributed by atoms with van der Waals surface area (Å²) in [6.07, 6.45) is -0.540. The van der Waals surface area contributed by atoms with Gasteiger partial charge in [0.1, 0.15) is 5.70 Å². The SMILES string of the molecule is COc1ccc([C@H]2N=c3ccccc3=C3C(=O)NC(SCc4ccc(Cl)cc4)=NN32)cc1OC. The summed E-state index contributed by atoms with van der Waals surface area (Å²) in [4.78, 5) is 18.2. The maximum absolute atomic E-state index is 13.3. The zero-order valence-corrected chi connectivity index (χ0v) is 20.1. The Kier molecular flexibility index (Phi) is 6.17. The average molecular weight is 493 g/mol. The zero-order chi connectivity index (χ0) is 23.7. The summed E-state index contributed by atoms with van der Waals surface area (Å²) in [5.74, 6) is 1.61. The Balaban J connectivity index is 1.56. The quantitative estimate of drug-likeness (QED) is 0.590. The first-order valence-corrected chi connectivity index (χ1v) is 11.9. The zero-order valence-electron chi connectivity index (χ0n) is 18.5. The fourth-order valence-electron chi connectivity index (χ4n) is 3.86. The molecule has 3 aromatic rings. The van der Waals surface area contributed by atoms with Crippen LogP contribution in [0.25, 0.3) is 5.70 Å². The van der Waals surface area contributed by atoms with Gasteiger partial charge in [0.15, 0.2) is 22.8 Å². The van der Waals surface area contributed by atoms with E-state index in [2.05, 4.69) is 5.32 Å². The summed E-state index contributed by atoms with van der Waals surface area (Å²) >= 11 is 7.43. The Morgan fingerprint density at radius 2 is 1.79 bits per heavy atom. The Morgan fingerprint density at radius 3 is 2.56 bits per heavy atom. The van der Waals surface area contributed by atoms with Crippen molar-refractivity contribution < 1.29 is 14.3 Å². The molecule has 1 N–H and O–H groups in total. The monoisotopic (exact) mass is 492 g/mol. The van der Waals surface area contributed by atoms with Gasteiger partial charge < -0.3 is 9.47 Å². The number of amides is 1. The number of methoxy groups -OCH3 is 2. The summed E-state index contributed by atoms with van der Waals surface area (Å²) in [5, 5.41) is 12.1. The highest BCUT2D eigenvalue weighted by atomic mass is 35.5. The number of ether oxygens (including phenoxy) is 2. The second-order valence-corrected chi connectivity index (χ2v) is 9.00. The predicted octanol–water partition coefficient (Wildman–Crippen LogP) is 3.43. The largest absolute Gasteiger partial charge is 0.493 e. The van der Waals surface area contributed by atoms with E-state index in [4.69, 9.17) is 31.2 Å². The number of hydrogen-bond donors (Lipinski definition) is 1. The van der Waals surface area contributed by atoms with Crippen molar-refractivity contribution in [1.82, 2.24) is 10.3 Å². The molecule has 2 aliphatic heterocycles. The van der Waals surface area contributed by atoms with E-state index in [0.717, 1.165) is 21.7 Å². The average Bonchev–Trinajstić information content (AvgIpc) is 2.87. The van der Waals surface area contributed by atoms with Gasteiger partial charge in [0.05, 0.1) is 19.6 Å². The number of carbonyl (C=O) groups is 1. The van der Waals surface area contributed by atoms with Crippen molar-refractivity contribution in [1.29, 1.82) is 0 Å². The first-order valence-electron chi connectivity index (χ1n) is 10.5. The minimum absolute atomic E-state index is 0.221. The van der Waals surface area contributed by atoms with Crippen LogP contribution in [0.15, 0.2) is 76.8 Å². The minimum Gasteiger partial charge on any atom is -0.493 e. The molecule has 0 spiro atoms. The van der Waals surface area contributed by atoms with Gasteiger partial charge in [-0.2, -0.15) is 0 Å². The Hall–Kier alpha value is -3.49. The van der Waals surface area contributed by atoms with Crippen molar-refractivity contribution in [3.8, 4) is 11.5 Å². The molecule has 7 nitrogen and oxygen atoms in total. The molecule has 2 heterocycles. The molecule has 34 heavy (non-hydrogen) atoms. The second kappa shape index (κ2) is 9.40. The topological polar surface area (TPSA) is 75.5 Å². The Morgan fingerprint density at radius 1 is 1.03 bits per heavy atom. The number of rotatable bonds is 5. The van der Waals surface area contributed by atoms with E-state index in [1.165, 1.54) is 11.8 Å². The highest BCUT2D eigenvalue weighted by molar-refractivity contribution is 8.13. The molecule has 5 rings (SSSR count). The molecule has 9 heteroatoms. The molecule has 0 fully saturated rings. The van der Waals surface area contributed by atoms with Crippen LogP contribution >= 0.6 is 23.4 Å². The molecule has 0 bridgehead atoms. The van der Waals surface area contributed by atoms with E-state index >= 15 is 0 Å². The number of halogens is 1. The first-order chi connectivity index (χ1) is 16.6. The predicted molar refractivity (Wildman–Crippen MR) is 133 cm³/mol. The van der Waals surface area contributed by atoms with Crippen molar-refractivity contribution in [2.75, 3.05) is 14.2 Å². The number of amidine groups is 1. The molecule has 0 aromatic heterocycles. The summed E-state index contributed by atoms with van der Waals surface area (Å²) < 4.78 is 10.9. The lowest BCUT2D eigenvalue weighted by Crippen LogP contribution is -2.50. The number of benzene rings is 3. The number of carbonyl (C=O) groups excluding carboxylic acids is 1. The lowest BCUT2D eigenvalue weighted by atomic mass is 10.1. The van der Waals surface area contributed by atoms with Gasteiger partial charge in [0, 0.05) is 21.6 Å². The number of nitrogens with one attached hydrogen (secondary N) is 1. The van der Waals surface area contributed by atoms with Gasteiger partial charge in [-0.3, -0.25) is 15.1 Å². The molecule has 2 aliphatic rings. The van der Waals surface area contributed by atoms with Crippen LogP contribution < -0.4 is 25.4 Å². The third kappa shape index (κ3) is 4.22. The van der Waals surface area contributed by atoms with E-state index in [0.29, 0.717) is 33.1 Å². The molecule has 1 atom stereocenters. The van der Waals surface area contributed by atoms with Crippen molar-refractivity contribution in [2.24, 2.45) is 10.1 Å².